The van der Waals surface area contributed by atoms with Crippen molar-refractivity contribution >= 4 is 11.8 Å². The largest absolute Gasteiger partial charge is 0.497 e. The number of rotatable bonds is 5. The van der Waals surface area contributed by atoms with E-state index in [2.05, 4.69) is 16.0 Å². The van der Waals surface area contributed by atoms with E-state index in [-0.39, 0.29) is 12.2 Å². The molecule has 3 aromatic carbocycles. The van der Waals surface area contributed by atoms with Gasteiger partial charge in [-0.15, -0.1) is 0 Å². The topological polar surface area (TPSA) is 104 Å². The van der Waals surface area contributed by atoms with Gasteiger partial charge in [-0.3, -0.25) is 20.4 Å². The van der Waals surface area contributed by atoms with Crippen LogP contribution in [0.15, 0.2) is 85.1 Å². The van der Waals surface area contributed by atoms with Gasteiger partial charge in [-0.25, -0.2) is 4.68 Å². The maximum atomic E-state index is 13.1. The molecule has 1 aromatic heterocycles. The van der Waals surface area contributed by atoms with E-state index in [0.29, 0.717) is 28.5 Å². The van der Waals surface area contributed by atoms with Gasteiger partial charge in [0.15, 0.2) is 11.5 Å². The number of nitrogens with one attached hydrogen (secondary N) is 2. The van der Waals surface area contributed by atoms with E-state index in [1.165, 1.54) is 0 Å². The quantitative estimate of drug-likeness (QED) is 0.435. The summed E-state index contributed by atoms with van der Waals surface area (Å²) in [5.74, 6) is 0.597. The van der Waals surface area contributed by atoms with Gasteiger partial charge in [-0.2, -0.15) is 5.10 Å². The Kier molecular flexibility index (Phi) is 6.04. The number of methoxy groups -OCH3 is 1. The molecule has 1 aliphatic heterocycles. The van der Waals surface area contributed by atoms with Gasteiger partial charge >= 0.3 is 0 Å². The standard InChI is InChI=1S/C26H22N4O5/c1-33-19-11-7-8-17(14-19)24-20(15-30(29-24)18-9-3-2-4-10-18)25(31)27-28-26(32)23-16-34-21-12-5-6-13-22(21)35-23/h2-15,23H,16H2,1H3,(H,27,31)(H,28,32). The Balaban J connectivity index is 1.36. The van der Waals surface area contributed by atoms with E-state index in [1.54, 1.807) is 42.3 Å². The van der Waals surface area contributed by atoms with Gasteiger partial charge in [0, 0.05) is 11.8 Å². The van der Waals surface area contributed by atoms with E-state index in [1.807, 2.05) is 54.6 Å². The number of benzene rings is 3. The Hall–Kier alpha value is -4.79. The third kappa shape index (κ3) is 4.65. The van der Waals surface area contributed by atoms with E-state index in [4.69, 9.17) is 14.2 Å². The number of hydrazine groups is 1. The van der Waals surface area contributed by atoms with Crippen LogP contribution in [0.4, 0.5) is 0 Å². The molecule has 0 aliphatic carbocycles. The Morgan fingerprint density at radius 1 is 0.971 bits per heavy atom. The summed E-state index contributed by atoms with van der Waals surface area (Å²) in [5.41, 5.74) is 7.07. The van der Waals surface area contributed by atoms with Gasteiger partial charge in [-0.05, 0) is 36.4 Å². The number of carbonyl (C=O) groups is 2. The fourth-order valence-electron chi connectivity index (χ4n) is 3.65. The highest BCUT2D eigenvalue weighted by Gasteiger charge is 2.28. The van der Waals surface area contributed by atoms with Gasteiger partial charge < -0.3 is 14.2 Å². The molecule has 0 saturated carbocycles. The number of amides is 2. The minimum Gasteiger partial charge on any atom is -0.497 e. The summed E-state index contributed by atoms with van der Waals surface area (Å²) in [6, 6.07) is 23.7. The number of hydrogen-bond acceptors (Lipinski definition) is 6. The fourth-order valence-corrected chi connectivity index (χ4v) is 3.65. The van der Waals surface area contributed by atoms with Crippen molar-refractivity contribution in [3.05, 3.63) is 90.6 Å². The molecule has 1 atom stereocenters. The molecular formula is C26H22N4O5. The van der Waals surface area contributed by atoms with Crippen molar-refractivity contribution in [2.75, 3.05) is 13.7 Å². The lowest BCUT2D eigenvalue weighted by atomic mass is 10.1. The monoisotopic (exact) mass is 470 g/mol. The molecule has 2 heterocycles. The first-order chi connectivity index (χ1) is 17.1. The van der Waals surface area contributed by atoms with Crippen LogP contribution in [0, 0.1) is 0 Å². The zero-order valence-electron chi connectivity index (χ0n) is 18.8. The number of aromatic nitrogens is 2. The molecule has 2 N–H and O–H groups in total. The zero-order valence-corrected chi connectivity index (χ0v) is 18.8. The second-order valence-corrected chi connectivity index (χ2v) is 7.71. The van der Waals surface area contributed by atoms with Crippen molar-refractivity contribution in [1.29, 1.82) is 0 Å². The summed E-state index contributed by atoms with van der Waals surface area (Å²) in [6.45, 7) is 0.0275. The molecule has 176 valence electrons. The molecule has 4 aromatic rings. The number of ether oxygens (including phenoxy) is 3. The van der Waals surface area contributed by atoms with Crippen LogP contribution in [-0.2, 0) is 4.79 Å². The van der Waals surface area contributed by atoms with Gasteiger partial charge in [0.05, 0.1) is 18.4 Å². The van der Waals surface area contributed by atoms with Gasteiger partial charge in [-0.1, -0.05) is 42.5 Å². The summed E-state index contributed by atoms with van der Waals surface area (Å²) in [6.07, 6.45) is 0.706. The normalized spacial score (nSPS) is 14.1. The Labute approximate surface area is 201 Å². The van der Waals surface area contributed by atoms with Crippen molar-refractivity contribution in [2.24, 2.45) is 0 Å². The van der Waals surface area contributed by atoms with Crippen LogP contribution < -0.4 is 25.1 Å². The van der Waals surface area contributed by atoms with Crippen molar-refractivity contribution in [1.82, 2.24) is 20.6 Å². The Bertz CT molecular complexity index is 1370. The Morgan fingerprint density at radius 3 is 2.54 bits per heavy atom. The molecule has 35 heavy (non-hydrogen) atoms. The summed E-state index contributed by atoms with van der Waals surface area (Å²) < 4.78 is 18.2. The third-order valence-electron chi connectivity index (χ3n) is 5.42. The first-order valence-electron chi connectivity index (χ1n) is 10.9. The molecule has 0 fully saturated rings. The lowest BCUT2D eigenvalue weighted by Crippen LogP contribution is -2.50. The fraction of sp³-hybridized carbons (Fsp3) is 0.115. The third-order valence-corrected chi connectivity index (χ3v) is 5.42. The zero-order chi connectivity index (χ0) is 24.2. The summed E-state index contributed by atoms with van der Waals surface area (Å²) >= 11 is 0. The molecule has 9 nitrogen and oxygen atoms in total. The minimum absolute atomic E-state index is 0.0275. The molecule has 1 unspecified atom stereocenters. The SMILES string of the molecule is COc1cccc(-c2nn(-c3ccccc3)cc2C(=O)NNC(=O)C2COc3ccccc3O2)c1. The van der Waals surface area contributed by atoms with Crippen molar-refractivity contribution in [3.63, 3.8) is 0 Å². The number of hydrogen-bond donors (Lipinski definition) is 2. The maximum Gasteiger partial charge on any atom is 0.283 e. The van der Waals surface area contributed by atoms with Crippen LogP contribution in [-0.4, -0.2) is 41.4 Å². The average Bonchev–Trinajstić information content (AvgIpc) is 3.37. The Morgan fingerprint density at radius 2 is 1.74 bits per heavy atom. The van der Waals surface area contributed by atoms with E-state index in [0.717, 1.165) is 5.69 Å². The molecule has 9 heteroatoms. The molecular weight excluding hydrogens is 448 g/mol. The summed E-state index contributed by atoms with van der Waals surface area (Å²) in [4.78, 5) is 25.8. The first-order valence-corrected chi connectivity index (χ1v) is 10.9. The van der Waals surface area contributed by atoms with Crippen LogP contribution in [0.5, 0.6) is 17.2 Å². The lowest BCUT2D eigenvalue weighted by molar-refractivity contribution is -0.131. The smallest absolute Gasteiger partial charge is 0.283 e. The highest BCUT2D eigenvalue weighted by molar-refractivity contribution is 6.01. The van der Waals surface area contributed by atoms with Crippen LogP contribution in [0.3, 0.4) is 0 Å². The molecule has 0 bridgehead atoms. The summed E-state index contributed by atoms with van der Waals surface area (Å²) in [7, 11) is 1.57. The molecule has 2 amide bonds. The van der Waals surface area contributed by atoms with Crippen molar-refractivity contribution in [2.45, 2.75) is 6.10 Å². The van der Waals surface area contributed by atoms with E-state index in [9.17, 15) is 9.59 Å². The van der Waals surface area contributed by atoms with Crippen LogP contribution in [0.25, 0.3) is 16.9 Å². The first kappa shape index (κ1) is 22.0. The second-order valence-electron chi connectivity index (χ2n) is 7.71. The van der Waals surface area contributed by atoms with Crippen LogP contribution in [0.2, 0.25) is 0 Å². The van der Waals surface area contributed by atoms with Crippen LogP contribution in [0.1, 0.15) is 10.4 Å². The number of carbonyl (C=O) groups excluding carboxylic acids is 2. The number of nitrogens with zero attached hydrogens (tertiary/aromatic N) is 2. The average molecular weight is 470 g/mol. The molecule has 1 aliphatic rings. The number of para-hydroxylation sites is 3. The van der Waals surface area contributed by atoms with E-state index >= 15 is 0 Å². The van der Waals surface area contributed by atoms with E-state index < -0.39 is 17.9 Å². The highest BCUT2D eigenvalue weighted by Crippen LogP contribution is 2.31. The van der Waals surface area contributed by atoms with Crippen molar-refractivity contribution < 1.29 is 23.8 Å². The summed E-state index contributed by atoms with van der Waals surface area (Å²) in [5, 5.41) is 4.63. The predicted molar refractivity (Wildman–Crippen MR) is 128 cm³/mol. The second kappa shape index (κ2) is 9.60. The maximum absolute atomic E-state index is 13.1. The lowest BCUT2D eigenvalue weighted by Gasteiger charge is -2.25. The molecule has 0 radical (unpaired) electrons. The van der Waals surface area contributed by atoms with Crippen LogP contribution >= 0.6 is 0 Å². The highest BCUT2D eigenvalue weighted by atomic mass is 16.6. The molecule has 0 spiro atoms. The van der Waals surface area contributed by atoms with Crippen molar-refractivity contribution in [3.8, 4) is 34.2 Å². The minimum atomic E-state index is -0.907. The molecule has 0 saturated heterocycles. The van der Waals surface area contributed by atoms with Gasteiger partial charge in [0.2, 0.25) is 6.10 Å². The van der Waals surface area contributed by atoms with Gasteiger partial charge in [0.25, 0.3) is 11.8 Å². The predicted octanol–water partition coefficient (Wildman–Crippen LogP) is 3.15. The molecule has 5 rings (SSSR count). The number of fused-ring (bicyclic) bond motifs is 1. The van der Waals surface area contributed by atoms with Gasteiger partial charge in [0.1, 0.15) is 18.1 Å².